The van der Waals surface area contributed by atoms with Crippen molar-refractivity contribution in [2.45, 2.75) is 25.3 Å². The van der Waals surface area contributed by atoms with Gasteiger partial charge in [0.1, 0.15) is 5.69 Å². The quantitative estimate of drug-likeness (QED) is 0.779. The number of nitrogens with one attached hydrogen (secondary N) is 1. The fourth-order valence-electron chi connectivity index (χ4n) is 2.29. The maximum atomic E-state index is 11.9. The Morgan fingerprint density at radius 3 is 3.06 bits per heavy atom. The highest BCUT2D eigenvalue weighted by molar-refractivity contribution is 5.95. The fourth-order valence-corrected chi connectivity index (χ4v) is 2.29. The molecule has 98 valence electrons. The van der Waals surface area contributed by atoms with E-state index in [1.165, 1.54) is 25.5 Å². The molecule has 0 amide bonds. The first-order valence-corrected chi connectivity index (χ1v) is 6.47. The zero-order valence-electron chi connectivity index (χ0n) is 10.8. The van der Waals surface area contributed by atoms with Gasteiger partial charge in [0.05, 0.1) is 12.7 Å². The first-order valence-electron chi connectivity index (χ1n) is 6.47. The second kappa shape index (κ2) is 6.56. The van der Waals surface area contributed by atoms with Crippen LogP contribution in [-0.4, -0.2) is 53.4 Å². The summed E-state index contributed by atoms with van der Waals surface area (Å²) in [6.45, 7) is 2.40. The van der Waals surface area contributed by atoms with Gasteiger partial charge in [-0.05, 0) is 26.4 Å². The number of piperidine rings is 1. The maximum absolute atomic E-state index is 11.9. The van der Waals surface area contributed by atoms with Crippen LogP contribution in [0.1, 0.15) is 29.8 Å². The Morgan fingerprint density at radius 1 is 1.50 bits per heavy atom. The van der Waals surface area contributed by atoms with Crippen LogP contribution >= 0.6 is 0 Å². The molecule has 1 aliphatic heterocycles. The number of nitrogens with zero attached hydrogens (tertiary/aromatic N) is 3. The van der Waals surface area contributed by atoms with Gasteiger partial charge in [-0.1, -0.05) is 6.42 Å². The molecule has 1 aromatic heterocycles. The highest BCUT2D eigenvalue weighted by Crippen LogP contribution is 2.08. The molecule has 5 nitrogen and oxygen atoms in total. The molecule has 0 aliphatic carbocycles. The van der Waals surface area contributed by atoms with Crippen molar-refractivity contribution in [1.82, 2.24) is 20.2 Å². The summed E-state index contributed by atoms with van der Waals surface area (Å²) < 4.78 is 0. The van der Waals surface area contributed by atoms with E-state index in [4.69, 9.17) is 0 Å². The molecule has 0 spiro atoms. The summed E-state index contributed by atoms with van der Waals surface area (Å²) in [4.78, 5) is 21.9. The van der Waals surface area contributed by atoms with E-state index in [-0.39, 0.29) is 5.78 Å². The van der Waals surface area contributed by atoms with Crippen LogP contribution in [0.4, 0.5) is 0 Å². The summed E-state index contributed by atoms with van der Waals surface area (Å²) in [7, 11) is 1.98. The normalized spacial score (nSPS) is 20.0. The summed E-state index contributed by atoms with van der Waals surface area (Å²) in [5, 5.41) is 3.48. The molecule has 1 unspecified atom stereocenters. The summed E-state index contributed by atoms with van der Waals surface area (Å²) in [5.74, 6) is 0.0291. The Bertz CT molecular complexity index is 376. The van der Waals surface area contributed by atoms with E-state index in [2.05, 4.69) is 20.2 Å². The SMILES string of the molecule is CN(CC(=O)c1cnccn1)CC1CCCCN1. The molecule has 2 heterocycles. The summed E-state index contributed by atoms with van der Waals surface area (Å²) in [6.07, 6.45) is 8.39. The zero-order valence-corrected chi connectivity index (χ0v) is 10.8. The molecular weight excluding hydrogens is 228 g/mol. The topological polar surface area (TPSA) is 58.1 Å². The zero-order chi connectivity index (χ0) is 12.8. The van der Waals surface area contributed by atoms with Gasteiger partial charge in [-0.15, -0.1) is 0 Å². The minimum Gasteiger partial charge on any atom is -0.313 e. The Hall–Kier alpha value is -1.33. The van der Waals surface area contributed by atoms with E-state index >= 15 is 0 Å². The average Bonchev–Trinajstić information content (AvgIpc) is 2.40. The number of hydrogen-bond acceptors (Lipinski definition) is 5. The average molecular weight is 248 g/mol. The molecule has 1 fully saturated rings. The third-order valence-corrected chi connectivity index (χ3v) is 3.21. The van der Waals surface area contributed by atoms with Crippen molar-refractivity contribution >= 4 is 5.78 Å². The summed E-state index contributed by atoms with van der Waals surface area (Å²) in [5.41, 5.74) is 0.445. The highest BCUT2D eigenvalue weighted by atomic mass is 16.1. The maximum Gasteiger partial charge on any atom is 0.196 e. The van der Waals surface area contributed by atoms with Crippen LogP contribution in [0, 0.1) is 0 Å². The molecule has 1 atom stereocenters. The third-order valence-electron chi connectivity index (χ3n) is 3.21. The molecule has 1 aliphatic rings. The smallest absolute Gasteiger partial charge is 0.196 e. The number of hydrogen-bond donors (Lipinski definition) is 1. The van der Waals surface area contributed by atoms with Gasteiger partial charge in [0, 0.05) is 25.0 Å². The number of likely N-dealkylation sites (N-methyl/N-ethyl adjacent to an activating group) is 1. The summed E-state index contributed by atoms with van der Waals surface area (Å²) in [6, 6.07) is 0.512. The van der Waals surface area contributed by atoms with Crippen molar-refractivity contribution in [2.24, 2.45) is 0 Å². The molecule has 1 aromatic rings. The van der Waals surface area contributed by atoms with Crippen molar-refractivity contribution in [3.05, 3.63) is 24.3 Å². The predicted molar refractivity (Wildman–Crippen MR) is 69.5 cm³/mol. The number of aromatic nitrogens is 2. The molecule has 0 aromatic carbocycles. The number of rotatable bonds is 5. The van der Waals surface area contributed by atoms with Crippen molar-refractivity contribution in [2.75, 3.05) is 26.7 Å². The second-order valence-electron chi connectivity index (χ2n) is 4.86. The molecule has 0 bridgehead atoms. The Balaban J connectivity index is 1.80. The Morgan fingerprint density at radius 2 is 2.39 bits per heavy atom. The molecular formula is C13H20N4O. The number of carbonyl (C=O) groups excluding carboxylic acids is 1. The molecule has 1 N–H and O–H groups in total. The summed E-state index contributed by atoms with van der Waals surface area (Å²) >= 11 is 0. The lowest BCUT2D eigenvalue weighted by Crippen LogP contribution is -2.43. The number of Topliss-reactive ketones (excluding diaryl/α,β-unsaturated/α-hetero) is 1. The first-order chi connectivity index (χ1) is 8.75. The molecule has 0 radical (unpaired) electrons. The lowest BCUT2D eigenvalue weighted by Gasteiger charge is -2.27. The van der Waals surface area contributed by atoms with Gasteiger partial charge in [-0.3, -0.25) is 14.7 Å². The van der Waals surface area contributed by atoms with Crippen LogP contribution in [0.25, 0.3) is 0 Å². The van der Waals surface area contributed by atoms with Gasteiger partial charge in [-0.2, -0.15) is 0 Å². The van der Waals surface area contributed by atoms with Crippen LogP contribution in [0.2, 0.25) is 0 Å². The second-order valence-corrected chi connectivity index (χ2v) is 4.86. The lowest BCUT2D eigenvalue weighted by molar-refractivity contribution is 0.0933. The van der Waals surface area contributed by atoms with Gasteiger partial charge < -0.3 is 5.32 Å². The van der Waals surface area contributed by atoms with Crippen molar-refractivity contribution in [1.29, 1.82) is 0 Å². The van der Waals surface area contributed by atoms with E-state index < -0.39 is 0 Å². The lowest BCUT2D eigenvalue weighted by atomic mass is 10.0. The van der Waals surface area contributed by atoms with Gasteiger partial charge in [-0.25, -0.2) is 4.98 Å². The van der Waals surface area contributed by atoms with Crippen LogP contribution in [0.5, 0.6) is 0 Å². The molecule has 0 saturated carbocycles. The Kier molecular flexibility index (Phi) is 4.78. The van der Waals surface area contributed by atoms with E-state index in [0.717, 1.165) is 13.1 Å². The predicted octanol–water partition coefficient (Wildman–Crippen LogP) is 0.733. The van der Waals surface area contributed by atoms with Gasteiger partial charge in [0.25, 0.3) is 0 Å². The van der Waals surface area contributed by atoms with Crippen LogP contribution in [0.3, 0.4) is 0 Å². The standard InChI is InChI=1S/C13H20N4O/c1-17(9-11-4-2-3-5-15-11)10-13(18)12-8-14-6-7-16-12/h6-8,11,15H,2-5,9-10H2,1H3. The molecule has 5 heteroatoms. The van der Waals surface area contributed by atoms with Crippen LogP contribution in [-0.2, 0) is 0 Å². The van der Waals surface area contributed by atoms with Crippen molar-refractivity contribution < 1.29 is 4.79 Å². The van der Waals surface area contributed by atoms with Gasteiger partial charge in [0.2, 0.25) is 0 Å². The van der Waals surface area contributed by atoms with Crippen molar-refractivity contribution in [3.63, 3.8) is 0 Å². The largest absolute Gasteiger partial charge is 0.313 e. The number of carbonyl (C=O) groups is 1. The number of ketones is 1. The monoisotopic (exact) mass is 248 g/mol. The fraction of sp³-hybridized carbons (Fsp3) is 0.615. The van der Waals surface area contributed by atoms with Gasteiger partial charge in [0.15, 0.2) is 5.78 Å². The molecule has 1 saturated heterocycles. The third kappa shape index (κ3) is 3.85. The van der Waals surface area contributed by atoms with Crippen LogP contribution in [0.15, 0.2) is 18.6 Å². The minimum absolute atomic E-state index is 0.0291. The Labute approximate surface area is 108 Å². The van der Waals surface area contributed by atoms with Crippen LogP contribution < -0.4 is 5.32 Å². The van der Waals surface area contributed by atoms with Gasteiger partial charge >= 0.3 is 0 Å². The highest BCUT2D eigenvalue weighted by Gasteiger charge is 2.17. The molecule has 2 rings (SSSR count). The molecule has 18 heavy (non-hydrogen) atoms. The van der Waals surface area contributed by atoms with E-state index in [9.17, 15) is 4.79 Å². The van der Waals surface area contributed by atoms with E-state index in [1.54, 1.807) is 12.4 Å². The van der Waals surface area contributed by atoms with E-state index in [1.807, 2.05) is 7.05 Å². The minimum atomic E-state index is 0.0291. The first kappa shape index (κ1) is 13.1. The van der Waals surface area contributed by atoms with Crippen molar-refractivity contribution in [3.8, 4) is 0 Å². The van der Waals surface area contributed by atoms with E-state index in [0.29, 0.717) is 18.3 Å².